The highest BCUT2D eigenvalue weighted by Gasteiger charge is 2.02. The van der Waals surface area contributed by atoms with Gasteiger partial charge < -0.3 is 10.6 Å². The van der Waals surface area contributed by atoms with Crippen molar-refractivity contribution in [2.24, 2.45) is 0 Å². The van der Waals surface area contributed by atoms with Gasteiger partial charge >= 0.3 is 0 Å². The van der Waals surface area contributed by atoms with E-state index in [9.17, 15) is 9.18 Å². The molecule has 0 aliphatic carbocycles. The monoisotopic (exact) mass is 224 g/mol. The van der Waals surface area contributed by atoms with Crippen molar-refractivity contribution in [2.45, 2.75) is 20.3 Å². The molecule has 88 valence electrons. The lowest BCUT2D eigenvalue weighted by molar-refractivity contribution is -0.119. The average molecular weight is 224 g/mol. The number of rotatable bonds is 5. The third kappa shape index (κ3) is 3.88. The molecule has 0 spiro atoms. The molecule has 0 unspecified atom stereocenters. The molecule has 0 bridgehead atoms. The van der Waals surface area contributed by atoms with Gasteiger partial charge in [0.1, 0.15) is 5.82 Å². The Hall–Kier alpha value is -1.58. The Labute approximate surface area is 95.0 Å². The van der Waals surface area contributed by atoms with Gasteiger partial charge in [0.25, 0.3) is 0 Å². The van der Waals surface area contributed by atoms with Gasteiger partial charge in [-0.3, -0.25) is 4.79 Å². The van der Waals surface area contributed by atoms with Crippen LogP contribution in [-0.2, 0) is 4.79 Å². The molecule has 0 saturated heterocycles. The van der Waals surface area contributed by atoms with Gasteiger partial charge in [0.15, 0.2) is 0 Å². The highest BCUT2D eigenvalue weighted by molar-refractivity contribution is 5.80. The second-order valence-corrected chi connectivity index (χ2v) is 3.66. The van der Waals surface area contributed by atoms with E-state index < -0.39 is 0 Å². The number of carbonyl (C=O) groups is 1. The largest absolute Gasteiger partial charge is 0.376 e. The van der Waals surface area contributed by atoms with Crippen LogP contribution in [0.1, 0.15) is 18.9 Å². The minimum absolute atomic E-state index is 0.0504. The molecule has 0 aromatic heterocycles. The van der Waals surface area contributed by atoms with E-state index in [1.807, 2.05) is 6.92 Å². The molecule has 0 heterocycles. The first-order valence-corrected chi connectivity index (χ1v) is 5.40. The summed E-state index contributed by atoms with van der Waals surface area (Å²) in [6.45, 7) is 4.70. The van der Waals surface area contributed by atoms with Crippen LogP contribution < -0.4 is 10.6 Å². The quantitative estimate of drug-likeness (QED) is 0.804. The fourth-order valence-electron chi connectivity index (χ4n) is 1.33. The third-order valence-corrected chi connectivity index (χ3v) is 2.20. The predicted molar refractivity (Wildman–Crippen MR) is 62.9 cm³/mol. The van der Waals surface area contributed by atoms with Crippen LogP contribution in [0.5, 0.6) is 0 Å². The summed E-state index contributed by atoms with van der Waals surface area (Å²) in [4.78, 5) is 11.3. The lowest BCUT2D eigenvalue weighted by Gasteiger charge is -2.09. The molecule has 1 rings (SSSR count). The first-order valence-electron chi connectivity index (χ1n) is 5.40. The topological polar surface area (TPSA) is 41.1 Å². The highest BCUT2D eigenvalue weighted by atomic mass is 19.1. The van der Waals surface area contributed by atoms with E-state index in [-0.39, 0.29) is 18.3 Å². The molecule has 2 N–H and O–H groups in total. The number of halogens is 1. The van der Waals surface area contributed by atoms with Crippen LogP contribution >= 0.6 is 0 Å². The number of carbonyl (C=O) groups excluding carboxylic acids is 1. The van der Waals surface area contributed by atoms with Crippen molar-refractivity contribution < 1.29 is 9.18 Å². The molecule has 0 fully saturated rings. The van der Waals surface area contributed by atoms with E-state index in [4.69, 9.17) is 0 Å². The van der Waals surface area contributed by atoms with Crippen molar-refractivity contribution in [2.75, 3.05) is 18.4 Å². The highest BCUT2D eigenvalue weighted by Crippen LogP contribution is 2.14. The van der Waals surface area contributed by atoms with Gasteiger partial charge in [-0.05, 0) is 37.1 Å². The molecule has 0 atom stereocenters. The van der Waals surface area contributed by atoms with Gasteiger partial charge in [-0.25, -0.2) is 4.39 Å². The smallest absolute Gasteiger partial charge is 0.239 e. The third-order valence-electron chi connectivity index (χ3n) is 2.20. The number of benzene rings is 1. The standard InChI is InChI=1S/C12H17FN2O/c1-3-6-14-12(16)8-15-11-5-4-10(13)7-9(11)2/h4-5,7,15H,3,6,8H2,1-2H3,(H,14,16). The SMILES string of the molecule is CCCNC(=O)CNc1ccc(F)cc1C. The lowest BCUT2D eigenvalue weighted by Crippen LogP contribution is -2.30. The van der Waals surface area contributed by atoms with Gasteiger partial charge in [0.2, 0.25) is 5.91 Å². The summed E-state index contributed by atoms with van der Waals surface area (Å²) in [6, 6.07) is 4.45. The Kier molecular flexibility index (Phi) is 4.76. The van der Waals surface area contributed by atoms with Crippen LogP contribution in [0, 0.1) is 12.7 Å². The molecule has 0 saturated carbocycles. The Balaban J connectivity index is 2.45. The van der Waals surface area contributed by atoms with Crippen LogP contribution in [0.3, 0.4) is 0 Å². The van der Waals surface area contributed by atoms with Gasteiger partial charge in [0, 0.05) is 12.2 Å². The van der Waals surface area contributed by atoms with Crippen molar-refractivity contribution in [1.29, 1.82) is 0 Å². The van der Waals surface area contributed by atoms with Gasteiger partial charge in [-0.15, -0.1) is 0 Å². The lowest BCUT2D eigenvalue weighted by atomic mass is 10.2. The fourth-order valence-corrected chi connectivity index (χ4v) is 1.33. The summed E-state index contributed by atoms with van der Waals surface area (Å²) in [5.74, 6) is -0.316. The van der Waals surface area contributed by atoms with E-state index in [0.29, 0.717) is 6.54 Å². The fraction of sp³-hybridized carbons (Fsp3) is 0.417. The summed E-state index contributed by atoms with van der Waals surface area (Å²) < 4.78 is 12.8. The Bertz CT molecular complexity index is 366. The molecule has 3 nitrogen and oxygen atoms in total. The van der Waals surface area contributed by atoms with E-state index in [1.54, 1.807) is 13.0 Å². The molecule has 1 aromatic rings. The number of anilines is 1. The molecule has 0 aliphatic rings. The Morgan fingerprint density at radius 2 is 2.19 bits per heavy atom. The summed E-state index contributed by atoms with van der Waals surface area (Å²) >= 11 is 0. The number of hydrogen-bond acceptors (Lipinski definition) is 2. The summed E-state index contributed by atoms with van der Waals surface area (Å²) in [5.41, 5.74) is 1.58. The zero-order valence-electron chi connectivity index (χ0n) is 9.64. The van der Waals surface area contributed by atoms with Gasteiger partial charge in [0.05, 0.1) is 6.54 Å². The maximum atomic E-state index is 12.8. The van der Waals surface area contributed by atoms with E-state index in [1.165, 1.54) is 12.1 Å². The summed E-state index contributed by atoms with van der Waals surface area (Å²) in [6.07, 6.45) is 0.918. The van der Waals surface area contributed by atoms with E-state index in [2.05, 4.69) is 10.6 Å². The van der Waals surface area contributed by atoms with Crippen LogP contribution in [0.25, 0.3) is 0 Å². The molecule has 1 amide bonds. The Morgan fingerprint density at radius 3 is 2.81 bits per heavy atom. The van der Waals surface area contributed by atoms with Crippen LogP contribution in [-0.4, -0.2) is 19.0 Å². The molecule has 16 heavy (non-hydrogen) atoms. The maximum Gasteiger partial charge on any atom is 0.239 e. The normalized spacial score (nSPS) is 9.94. The first-order chi connectivity index (χ1) is 7.63. The van der Waals surface area contributed by atoms with Gasteiger partial charge in [-0.2, -0.15) is 0 Å². The number of amides is 1. The van der Waals surface area contributed by atoms with Crippen LogP contribution in [0.4, 0.5) is 10.1 Å². The second kappa shape index (κ2) is 6.10. The van der Waals surface area contributed by atoms with Gasteiger partial charge in [-0.1, -0.05) is 6.92 Å². The zero-order valence-corrected chi connectivity index (χ0v) is 9.64. The second-order valence-electron chi connectivity index (χ2n) is 3.66. The van der Waals surface area contributed by atoms with Crippen molar-refractivity contribution in [3.63, 3.8) is 0 Å². The summed E-state index contributed by atoms with van der Waals surface area (Å²) in [5, 5.41) is 5.73. The Morgan fingerprint density at radius 1 is 1.44 bits per heavy atom. The van der Waals surface area contributed by atoms with Crippen LogP contribution in [0.2, 0.25) is 0 Å². The van der Waals surface area contributed by atoms with Crippen molar-refractivity contribution in [1.82, 2.24) is 5.32 Å². The van der Waals surface area contributed by atoms with Crippen molar-refractivity contribution >= 4 is 11.6 Å². The molecule has 0 radical (unpaired) electrons. The summed E-state index contributed by atoms with van der Waals surface area (Å²) in [7, 11) is 0. The number of hydrogen-bond donors (Lipinski definition) is 2. The molecule has 1 aromatic carbocycles. The minimum atomic E-state index is -0.265. The minimum Gasteiger partial charge on any atom is -0.376 e. The molecule has 0 aliphatic heterocycles. The van der Waals surface area contributed by atoms with E-state index >= 15 is 0 Å². The van der Waals surface area contributed by atoms with Crippen LogP contribution in [0.15, 0.2) is 18.2 Å². The molecular formula is C12H17FN2O. The first kappa shape index (κ1) is 12.5. The zero-order chi connectivity index (χ0) is 12.0. The van der Waals surface area contributed by atoms with E-state index in [0.717, 1.165) is 17.7 Å². The molecule has 4 heteroatoms. The number of nitrogens with one attached hydrogen (secondary N) is 2. The predicted octanol–water partition coefficient (Wildman–Crippen LogP) is 2.07. The maximum absolute atomic E-state index is 12.8. The number of aryl methyl sites for hydroxylation is 1. The average Bonchev–Trinajstić information content (AvgIpc) is 2.25. The van der Waals surface area contributed by atoms with Crippen molar-refractivity contribution in [3.8, 4) is 0 Å². The van der Waals surface area contributed by atoms with Crippen molar-refractivity contribution in [3.05, 3.63) is 29.6 Å². The molecular weight excluding hydrogens is 207 g/mol.